The minimum absolute atomic E-state index is 0.0196. The molecule has 1 amide bonds. The molecule has 27 heavy (non-hydrogen) atoms. The van der Waals surface area contributed by atoms with Crippen LogP contribution in [0.1, 0.15) is 30.0 Å². The third kappa shape index (κ3) is 4.22. The number of aliphatic carboxylic acids is 1. The number of carboxylic acid groups (broad SMARTS) is 1. The Morgan fingerprint density at radius 2 is 1.93 bits per heavy atom. The van der Waals surface area contributed by atoms with Crippen molar-refractivity contribution in [3.63, 3.8) is 0 Å². The maximum absolute atomic E-state index is 12.4. The number of carbonyl (C=O) groups excluding carboxylic acids is 1. The van der Waals surface area contributed by atoms with Crippen LogP contribution in [0.4, 0.5) is 0 Å². The van der Waals surface area contributed by atoms with Gasteiger partial charge in [0.15, 0.2) is 5.65 Å². The molecule has 0 fully saturated rings. The van der Waals surface area contributed by atoms with Gasteiger partial charge in [-0.1, -0.05) is 30.3 Å². The number of hydrogen-bond donors (Lipinski definition) is 2. The first kappa shape index (κ1) is 18.4. The van der Waals surface area contributed by atoms with Gasteiger partial charge in [0, 0.05) is 12.6 Å². The van der Waals surface area contributed by atoms with Crippen LogP contribution in [0.3, 0.4) is 0 Å². The van der Waals surface area contributed by atoms with Gasteiger partial charge in [-0.3, -0.25) is 14.0 Å². The number of aromatic nitrogens is 3. The summed E-state index contributed by atoms with van der Waals surface area (Å²) in [6.45, 7) is 1.98. The first-order valence-electron chi connectivity index (χ1n) is 8.56. The van der Waals surface area contributed by atoms with E-state index >= 15 is 0 Å². The van der Waals surface area contributed by atoms with Crippen LogP contribution >= 0.6 is 0 Å². The summed E-state index contributed by atoms with van der Waals surface area (Å²) in [5.74, 6) is -1.34. The standard InChI is InChI=1S/C19H20N4O4/c1-13-6-2-3-7-14(13)15(12-18(25)26)20-17(24)9-11-23-19(27)22-10-5-4-8-16(22)21-23/h2-8,10,15H,9,11-12H2,1H3,(H,20,24)(H,25,26). The number of carbonyl (C=O) groups is 2. The van der Waals surface area contributed by atoms with E-state index in [1.807, 2.05) is 19.1 Å². The summed E-state index contributed by atoms with van der Waals surface area (Å²) in [7, 11) is 0. The Morgan fingerprint density at radius 1 is 1.19 bits per heavy atom. The van der Waals surface area contributed by atoms with E-state index in [9.17, 15) is 14.4 Å². The molecule has 8 nitrogen and oxygen atoms in total. The van der Waals surface area contributed by atoms with Crippen LogP contribution in [0.5, 0.6) is 0 Å². The van der Waals surface area contributed by atoms with E-state index < -0.39 is 12.0 Å². The maximum atomic E-state index is 12.4. The molecule has 1 aromatic carbocycles. The quantitative estimate of drug-likeness (QED) is 0.658. The molecule has 140 valence electrons. The lowest BCUT2D eigenvalue weighted by Gasteiger charge is -2.19. The highest BCUT2D eigenvalue weighted by Crippen LogP contribution is 2.20. The Labute approximate surface area is 155 Å². The number of amides is 1. The van der Waals surface area contributed by atoms with Crippen molar-refractivity contribution in [3.8, 4) is 0 Å². The number of pyridine rings is 1. The zero-order valence-corrected chi connectivity index (χ0v) is 14.8. The Balaban J connectivity index is 1.70. The third-order valence-corrected chi connectivity index (χ3v) is 4.32. The van der Waals surface area contributed by atoms with Gasteiger partial charge in [-0.2, -0.15) is 0 Å². The Kier molecular flexibility index (Phi) is 5.35. The fraction of sp³-hybridized carbons (Fsp3) is 0.263. The molecule has 0 radical (unpaired) electrons. The molecule has 2 N–H and O–H groups in total. The molecule has 1 atom stereocenters. The molecular weight excluding hydrogens is 348 g/mol. The molecular formula is C19H20N4O4. The fourth-order valence-corrected chi connectivity index (χ4v) is 2.98. The number of carboxylic acids is 1. The highest BCUT2D eigenvalue weighted by atomic mass is 16.4. The van der Waals surface area contributed by atoms with Crippen molar-refractivity contribution in [2.75, 3.05) is 0 Å². The maximum Gasteiger partial charge on any atom is 0.350 e. The van der Waals surface area contributed by atoms with Gasteiger partial charge in [0.1, 0.15) is 0 Å². The van der Waals surface area contributed by atoms with E-state index in [1.165, 1.54) is 9.08 Å². The van der Waals surface area contributed by atoms with E-state index in [0.717, 1.165) is 11.1 Å². The van der Waals surface area contributed by atoms with Crippen LogP contribution in [0, 0.1) is 6.92 Å². The number of nitrogens with zero attached hydrogens (tertiary/aromatic N) is 3. The second-order valence-electron chi connectivity index (χ2n) is 6.26. The van der Waals surface area contributed by atoms with E-state index in [-0.39, 0.29) is 31.0 Å². The first-order chi connectivity index (χ1) is 13.0. The van der Waals surface area contributed by atoms with E-state index in [2.05, 4.69) is 10.4 Å². The lowest BCUT2D eigenvalue weighted by atomic mass is 9.98. The Hall–Kier alpha value is -3.42. The monoisotopic (exact) mass is 368 g/mol. The summed E-state index contributed by atoms with van der Waals surface area (Å²) < 4.78 is 2.63. The van der Waals surface area contributed by atoms with E-state index in [1.54, 1.807) is 36.5 Å². The number of fused-ring (bicyclic) bond motifs is 1. The van der Waals surface area contributed by atoms with Gasteiger partial charge < -0.3 is 10.4 Å². The van der Waals surface area contributed by atoms with Crippen LogP contribution in [-0.4, -0.2) is 31.2 Å². The van der Waals surface area contributed by atoms with Gasteiger partial charge in [0.05, 0.1) is 19.0 Å². The van der Waals surface area contributed by atoms with Crippen LogP contribution in [-0.2, 0) is 16.1 Å². The van der Waals surface area contributed by atoms with Crippen LogP contribution in [0.15, 0.2) is 53.5 Å². The molecule has 0 saturated heterocycles. The van der Waals surface area contributed by atoms with Crippen molar-refractivity contribution in [2.24, 2.45) is 0 Å². The minimum atomic E-state index is -1.000. The molecule has 0 aliphatic rings. The Morgan fingerprint density at radius 3 is 2.63 bits per heavy atom. The number of nitrogens with one attached hydrogen (secondary N) is 1. The summed E-state index contributed by atoms with van der Waals surface area (Å²) in [6.07, 6.45) is 1.42. The summed E-state index contributed by atoms with van der Waals surface area (Å²) in [5, 5.41) is 16.1. The summed E-state index contributed by atoms with van der Waals surface area (Å²) in [6, 6.07) is 11.9. The van der Waals surface area contributed by atoms with Crippen molar-refractivity contribution in [1.82, 2.24) is 19.5 Å². The molecule has 2 aromatic heterocycles. The van der Waals surface area contributed by atoms with Gasteiger partial charge in [-0.15, -0.1) is 5.10 Å². The number of benzene rings is 1. The summed E-state index contributed by atoms with van der Waals surface area (Å²) >= 11 is 0. The van der Waals surface area contributed by atoms with E-state index in [0.29, 0.717) is 5.65 Å². The van der Waals surface area contributed by atoms with Gasteiger partial charge in [-0.05, 0) is 30.2 Å². The average molecular weight is 368 g/mol. The molecule has 0 bridgehead atoms. The van der Waals surface area contributed by atoms with Gasteiger partial charge >= 0.3 is 11.7 Å². The van der Waals surface area contributed by atoms with Crippen molar-refractivity contribution in [2.45, 2.75) is 32.4 Å². The highest BCUT2D eigenvalue weighted by Gasteiger charge is 2.20. The van der Waals surface area contributed by atoms with Crippen molar-refractivity contribution in [3.05, 3.63) is 70.3 Å². The Bertz CT molecular complexity index is 1040. The van der Waals surface area contributed by atoms with Gasteiger partial charge in [-0.25, -0.2) is 9.48 Å². The van der Waals surface area contributed by atoms with Crippen LogP contribution < -0.4 is 11.0 Å². The topological polar surface area (TPSA) is 106 Å². The molecule has 0 saturated carbocycles. The molecule has 1 unspecified atom stereocenters. The van der Waals surface area contributed by atoms with Crippen LogP contribution in [0.2, 0.25) is 0 Å². The predicted octanol–water partition coefficient (Wildman–Crippen LogP) is 1.53. The van der Waals surface area contributed by atoms with Crippen molar-refractivity contribution in [1.29, 1.82) is 0 Å². The number of aryl methyl sites for hydroxylation is 2. The molecule has 8 heteroatoms. The van der Waals surface area contributed by atoms with E-state index in [4.69, 9.17) is 5.11 Å². The summed E-state index contributed by atoms with van der Waals surface area (Å²) in [5.41, 5.74) is 1.85. The molecule has 3 rings (SSSR count). The minimum Gasteiger partial charge on any atom is -0.481 e. The molecule has 0 spiro atoms. The lowest BCUT2D eigenvalue weighted by molar-refractivity contribution is -0.137. The lowest BCUT2D eigenvalue weighted by Crippen LogP contribution is -2.32. The average Bonchev–Trinajstić information content (AvgIpc) is 2.96. The third-order valence-electron chi connectivity index (χ3n) is 4.32. The summed E-state index contributed by atoms with van der Waals surface area (Å²) in [4.78, 5) is 35.8. The van der Waals surface area contributed by atoms with Crippen LogP contribution in [0.25, 0.3) is 5.65 Å². The molecule has 2 heterocycles. The second kappa shape index (κ2) is 7.86. The van der Waals surface area contributed by atoms with Gasteiger partial charge in [0.25, 0.3) is 0 Å². The van der Waals surface area contributed by atoms with Crippen molar-refractivity contribution < 1.29 is 14.7 Å². The van der Waals surface area contributed by atoms with Gasteiger partial charge in [0.2, 0.25) is 5.91 Å². The molecule has 0 aliphatic heterocycles. The predicted molar refractivity (Wildman–Crippen MR) is 98.4 cm³/mol. The zero-order valence-electron chi connectivity index (χ0n) is 14.8. The molecule has 0 aliphatic carbocycles. The SMILES string of the molecule is Cc1ccccc1C(CC(=O)O)NC(=O)CCn1nc2ccccn2c1=O. The smallest absolute Gasteiger partial charge is 0.350 e. The largest absolute Gasteiger partial charge is 0.481 e. The number of rotatable bonds is 7. The molecule has 3 aromatic rings. The fourth-order valence-electron chi connectivity index (χ4n) is 2.98. The normalized spacial score (nSPS) is 12.0. The zero-order chi connectivity index (χ0) is 19.4. The van der Waals surface area contributed by atoms with Crippen molar-refractivity contribution >= 4 is 17.5 Å². The first-order valence-corrected chi connectivity index (χ1v) is 8.56. The highest BCUT2D eigenvalue weighted by molar-refractivity contribution is 5.77. The second-order valence-corrected chi connectivity index (χ2v) is 6.26. The number of hydrogen-bond acceptors (Lipinski definition) is 4.